The molecule has 3 aromatic rings. The molecule has 0 fully saturated rings. The fraction of sp³-hybridized carbons (Fsp3) is 0.158. The number of carbonyl (C=O) groups is 1. The summed E-state index contributed by atoms with van der Waals surface area (Å²) in [4.78, 5) is 26.4. The van der Waals surface area contributed by atoms with Gasteiger partial charge < -0.3 is 5.32 Å². The summed E-state index contributed by atoms with van der Waals surface area (Å²) in [6.07, 6.45) is -4.85. The zero-order valence-electron chi connectivity index (χ0n) is 15.4. The zero-order valence-corrected chi connectivity index (χ0v) is 17.0. The third kappa shape index (κ3) is 5.36. The number of amides is 1. The van der Waals surface area contributed by atoms with Crippen LogP contribution in [0.3, 0.4) is 0 Å². The maximum absolute atomic E-state index is 13.2. The highest BCUT2D eigenvalue weighted by Crippen LogP contribution is 2.37. The van der Waals surface area contributed by atoms with E-state index in [1.54, 1.807) is 0 Å². The Bertz CT molecular complexity index is 1080. The molecule has 0 aliphatic carbocycles. The van der Waals surface area contributed by atoms with Crippen molar-refractivity contribution in [3.63, 3.8) is 0 Å². The van der Waals surface area contributed by atoms with Crippen LogP contribution in [0.1, 0.15) is 11.1 Å². The molecule has 1 amide bonds. The molecule has 1 N–H and O–H groups in total. The molecule has 0 unspecified atom stereocenters. The molecule has 0 saturated carbocycles. The van der Waals surface area contributed by atoms with Gasteiger partial charge in [-0.15, -0.1) is 11.3 Å². The highest BCUT2D eigenvalue weighted by molar-refractivity contribution is 8.01. The van der Waals surface area contributed by atoms with Gasteiger partial charge in [0.15, 0.2) is 4.34 Å². The topological polar surface area (TPSA) is 85.1 Å². The van der Waals surface area contributed by atoms with E-state index in [4.69, 9.17) is 0 Å². The van der Waals surface area contributed by atoms with Crippen molar-refractivity contribution >= 4 is 40.4 Å². The number of nitro benzene ring substituents is 1. The standard InChI is InChI=1S/C19H14F3N3O3S2/c1-11-2-4-12(5-3-11)16-9-29-18(24-16)30-10-17(26)23-15-7-6-13(25(27)28)8-14(15)19(20,21)22/h2-9H,10H2,1H3,(H,23,26). The smallest absolute Gasteiger partial charge is 0.325 e. The van der Waals surface area contributed by atoms with E-state index in [-0.39, 0.29) is 5.75 Å². The number of non-ortho nitro benzene ring substituents is 1. The largest absolute Gasteiger partial charge is 0.418 e. The number of anilines is 1. The zero-order chi connectivity index (χ0) is 21.9. The Morgan fingerprint density at radius 1 is 1.23 bits per heavy atom. The first-order valence-electron chi connectivity index (χ1n) is 8.44. The normalized spacial score (nSPS) is 11.3. The summed E-state index contributed by atoms with van der Waals surface area (Å²) < 4.78 is 40.2. The number of thioether (sulfide) groups is 1. The fourth-order valence-electron chi connectivity index (χ4n) is 2.48. The Labute approximate surface area is 177 Å². The van der Waals surface area contributed by atoms with E-state index < -0.39 is 33.9 Å². The number of halogens is 3. The minimum atomic E-state index is -4.85. The van der Waals surface area contributed by atoms with Gasteiger partial charge in [0.1, 0.15) is 0 Å². The number of aryl methyl sites for hydroxylation is 1. The highest BCUT2D eigenvalue weighted by atomic mass is 32.2. The van der Waals surface area contributed by atoms with E-state index in [1.165, 1.54) is 11.3 Å². The van der Waals surface area contributed by atoms with E-state index in [9.17, 15) is 28.1 Å². The van der Waals surface area contributed by atoms with Crippen molar-refractivity contribution in [1.29, 1.82) is 0 Å². The van der Waals surface area contributed by atoms with Crippen molar-refractivity contribution in [2.75, 3.05) is 11.1 Å². The lowest BCUT2D eigenvalue weighted by atomic mass is 10.1. The molecule has 0 aliphatic heterocycles. The van der Waals surface area contributed by atoms with Gasteiger partial charge in [0.25, 0.3) is 5.69 Å². The molecule has 2 aromatic carbocycles. The predicted octanol–water partition coefficient (Wildman–Crippen LogP) is 5.78. The van der Waals surface area contributed by atoms with Gasteiger partial charge in [0, 0.05) is 23.1 Å². The number of carbonyl (C=O) groups excluding carboxylic acids is 1. The Kier molecular flexibility index (Phi) is 6.42. The lowest BCUT2D eigenvalue weighted by molar-refractivity contribution is -0.385. The van der Waals surface area contributed by atoms with Gasteiger partial charge >= 0.3 is 6.18 Å². The molecule has 0 radical (unpaired) electrons. The number of thiazole rings is 1. The van der Waals surface area contributed by atoms with Gasteiger partial charge in [-0.2, -0.15) is 13.2 Å². The summed E-state index contributed by atoms with van der Waals surface area (Å²) in [5, 5.41) is 14.7. The van der Waals surface area contributed by atoms with E-state index >= 15 is 0 Å². The second-order valence-electron chi connectivity index (χ2n) is 6.19. The number of alkyl halides is 3. The summed E-state index contributed by atoms with van der Waals surface area (Å²) in [7, 11) is 0. The van der Waals surface area contributed by atoms with Gasteiger partial charge in [0.2, 0.25) is 5.91 Å². The molecular weight excluding hydrogens is 439 g/mol. The Hall–Kier alpha value is -2.92. The number of aromatic nitrogens is 1. The molecule has 0 atom stereocenters. The number of rotatable bonds is 6. The molecule has 1 aromatic heterocycles. The maximum Gasteiger partial charge on any atom is 0.418 e. The summed E-state index contributed by atoms with van der Waals surface area (Å²) in [5.41, 5.74) is 0.279. The Balaban J connectivity index is 1.67. The third-order valence-corrected chi connectivity index (χ3v) is 5.97. The molecule has 30 heavy (non-hydrogen) atoms. The number of benzene rings is 2. The minimum Gasteiger partial charge on any atom is -0.325 e. The summed E-state index contributed by atoms with van der Waals surface area (Å²) in [5.74, 6) is -0.832. The van der Waals surface area contributed by atoms with Crippen LogP contribution in [-0.4, -0.2) is 21.6 Å². The lowest BCUT2D eigenvalue weighted by Crippen LogP contribution is -2.18. The van der Waals surface area contributed by atoms with Gasteiger partial charge in [-0.25, -0.2) is 4.98 Å². The summed E-state index contributed by atoms with van der Waals surface area (Å²) >= 11 is 2.42. The molecule has 6 nitrogen and oxygen atoms in total. The van der Waals surface area contributed by atoms with Crippen LogP contribution in [0.4, 0.5) is 24.5 Å². The van der Waals surface area contributed by atoms with Gasteiger partial charge in [0.05, 0.1) is 27.6 Å². The quantitative estimate of drug-likeness (QED) is 0.291. The molecule has 0 aliphatic rings. The van der Waals surface area contributed by atoms with Crippen LogP contribution in [0.15, 0.2) is 52.2 Å². The van der Waals surface area contributed by atoms with Gasteiger partial charge in [-0.1, -0.05) is 41.6 Å². The van der Waals surface area contributed by atoms with E-state index in [0.717, 1.165) is 40.7 Å². The molecule has 3 rings (SSSR count). The molecule has 0 spiro atoms. The Morgan fingerprint density at radius 3 is 2.57 bits per heavy atom. The number of hydrogen-bond donors (Lipinski definition) is 1. The monoisotopic (exact) mass is 453 g/mol. The van der Waals surface area contributed by atoms with Crippen LogP contribution in [-0.2, 0) is 11.0 Å². The molecule has 11 heteroatoms. The lowest BCUT2D eigenvalue weighted by Gasteiger charge is -2.13. The van der Waals surface area contributed by atoms with E-state index in [1.807, 2.05) is 36.6 Å². The van der Waals surface area contributed by atoms with Crippen LogP contribution in [0.5, 0.6) is 0 Å². The fourth-order valence-corrected chi connectivity index (χ4v) is 4.12. The maximum atomic E-state index is 13.2. The van der Waals surface area contributed by atoms with Crippen LogP contribution in [0.2, 0.25) is 0 Å². The van der Waals surface area contributed by atoms with Crippen molar-refractivity contribution < 1.29 is 22.9 Å². The first-order valence-corrected chi connectivity index (χ1v) is 10.3. The number of nitrogens with one attached hydrogen (secondary N) is 1. The summed E-state index contributed by atoms with van der Waals surface area (Å²) in [6, 6.07) is 9.96. The third-order valence-electron chi connectivity index (χ3n) is 3.95. The first kappa shape index (κ1) is 21.8. The van der Waals surface area contributed by atoms with Crippen LogP contribution < -0.4 is 5.32 Å². The molecule has 1 heterocycles. The van der Waals surface area contributed by atoms with E-state index in [0.29, 0.717) is 10.4 Å². The van der Waals surface area contributed by atoms with Crippen LogP contribution in [0.25, 0.3) is 11.3 Å². The minimum absolute atomic E-state index is 0.158. The average molecular weight is 453 g/mol. The number of hydrogen-bond acceptors (Lipinski definition) is 6. The molecule has 0 bridgehead atoms. The molecule has 0 saturated heterocycles. The van der Waals surface area contributed by atoms with Gasteiger partial charge in [-0.3, -0.25) is 14.9 Å². The SMILES string of the molecule is Cc1ccc(-c2csc(SCC(=O)Nc3ccc([N+](=O)[O-])cc3C(F)(F)F)n2)cc1. The highest BCUT2D eigenvalue weighted by Gasteiger charge is 2.35. The van der Waals surface area contributed by atoms with Crippen molar-refractivity contribution in [2.24, 2.45) is 0 Å². The van der Waals surface area contributed by atoms with Gasteiger partial charge in [-0.05, 0) is 13.0 Å². The number of nitrogens with zero attached hydrogens (tertiary/aromatic N) is 2. The van der Waals surface area contributed by atoms with Crippen molar-refractivity contribution in [2.45, 2.75) is 17.4 Å². The second kappa shape index (κ2) is 8.84. The van der Waals surface area contributed by atoms with Crippen LogP contribution in [0, 0.1) is 17.0 Å². The molecule has 156 valence electrons. The number of nitro groups is 1. The van der Waals surface area contributed by atoms with Crippen molar-refractivity contribution in [3.05, 3.63) is 69.1 Å². The Morgan fingerprint density at radius 2 is 1.93 bits per heavy atom. The van der Waals surface area contributed by atoms with Crippen molar-refractivity contribution in [3.8, 4) is 11.3 Å². The first-order chi connectivity index (χ1) is 14.1. The average Bonchev–Trinajstić information content (AvgIpc) is 3.15. The predicted molar refractivity (Wildman–Crippen MR) is 110 cm³/mol. The van der Waals surface area contributed by atoms with Crippen molar-refractivity contribution in [1.82, 2.24) is 4.98 Å². The molecular formula is C19H14F3N3O3S2. The van der Waals surface area contributed by atoms with Crippen LogP contribution >= 0.6 is 23.1 Å². The summed E-state index contributed by atoms with van der Waals surface area (Å²) in [6.45, 7) is 1.97. The van der Waals surface area contributed by atoms with E-state index in [2.05, 4.69) is 10.3 Å². The second-order valence-corrected chi connectivity index (χ2v) is 8.27.